The van der Waals surface area contributed by atoms with E-state index in [1.807, 2.05) is 74.3 Å². The molecule has 11 nitrogen and oxygen atoms in total. The standard InChI is InChI=1S/C38H49ClN6O5/c1-37(2,3)50-36(48)43-18-16-42(17-19-43)35(47)38(4,5)49-32-10-6-9-31(21-32)44-15-7-8-28(24-44)34(46)45(30-13-14-30)25-27-12-11-26(20-33(27)39)29-22-40-41-23-29/h6,9-12,20-23,28,30H,7-8,13-19,24-25H2,1-5H3,(H,40,41)/t28-/m1/s1. The first kappa shape index (κ1) is 35.6. The van der Waals surface area contributed by atoms with Gasteiger partial charge in [-0.15, -0.1) is 0 Å². The average Bonchev–Trinajstić information content (AvgIpc) is 3.78. The normalized spacial score (nSPS) is 18.5. The minimum atomic E-state index is -1.12. The van der Waals surface area contributed by atoms with Crippen LogP contribution in [0, 0.1) is 5.92 Å². The first-order valence-corrected chi connectivity index (χ1v) is 18.0. The molecule has 0 bridgehead atoms. The summed E-state index contributed by atoms with van der Waals surface area (Å²) in [6, 6.07) is 14.0. The van der Waals surface area contributed by atoms with E-state index in [9.17, 15) is 14.4 Å². The summed E-state index contributed by atoms with van der Waals surface area (Å²) in [7, 11) is 0. The van der Waals surface area contributed by atoms with Gasteiger partial charge in [-0.1, -0.05) is 29.8 Å². The molecule has 1 atom stereocenters. The second-order valence-corrected chi connectivity index (χ2v) is 15.6. The summed E-state index contributed by atoms with van der Waals surface area (Å²) in [5, 5.41) is 7.52. The molecule has 0 radical (unpaired) electrons. The first-order valence-electron chi connectivity index (χ1n) is 17.7. The molecule has 1 aromatic heterocycles. The van der Waals surface area contributed by atoms with Crippen molar-refractivity contribution in [2.45, 2.75) is 84.1 Å². The zero-order valence-corrected chi connectivity index (χ0v) is 30.5. The smallest absolute Gasteiger partial charge is 0.410 e. The molecule has 3 fully saturated rings. The number of H-pyrrole nitrogens is 1. The Morgan fingerprint density at radius 3 is 2.34 bits per heavy atom. The van der Waals surface area contributed by atoms with Crippen molar-refractivity contribution < 1.29 is 23.9 Å². The van der Waals surface area contributed by atoms with Crippen LogP contribution in [0.25, 0.3) is 11.1 Å². The van der Waals surface area contributed by atoms with Gasteiger partial charge in [-0.05, 0) is 89.6 Å². The van der Waals surface area contributed by atoms with Gasteiger partial charge in [0.15, 0.2) is 5.60 Å². The number of amides is 3. The van der Waals surface area contributed by atoms with Crippen LogP contribution in [0.4, 0.5) is 10.5 Å². The molecule has 0 unspecified atom stereocenters. The summed E-state index contributed by atoms with van der Waals surface area (Å²) in [5.41, 5.74) is 2.17. The number of hydrogen-bond donors (Lipinski definition) is 1. The highest BCUT2D eigenvalue weighted by atomic mass is 35.5. The molecule has 1 aliphatic carbocycles. The molecule has 3 heterocycles. The third-order valence-electron chi connectivity index (χ3n) is 9.56. The maximum Gasteiger partial charge on any atom is 0.410 e. The van der Waals surface area contributed by atoms with Gasteiger partial charge in [-0.25, -0.2) is 4.79 Å². The summed E-state index contributed by atoms with van der Waals surface area (Å²) in [6.07, 6.45) is 7.01. The van der Waals surface area contributed by atoms with E-state index in [1.54, 1.807) is 29.8 Å². The number of anilines is 1. The Bertz CT molecular complexity index is 1680. The van der Waals surface area contributed by atoms with Crippen LogP contribution in [-0.2, 0) is 20.9 Å². The second kappa shape index (κ2) is 14.5. The van der Waals surface area contributed by atoms with Crippen molar-refractivity contribution in [1.82, 2.24) is 24.9 Å². The zero-order chi connectivity index (χ0) is 35.6. The van der Waals surface area contributed by atoms with Crippen LogP contribution in [0.2, 0.25) is 5.02 Å². The number of hydrogen-bond acceptors (Lipinski definition) is 7. The fourth-order valence-electron chi connectivity index (χ4n) is 6.75. The molecule has 2 saturated heterocycles. The predicted molar refractivity (Wildman–Crippen MR) is 193 cm³/mol. The lowest BCUT2D eigenvalue weighted by Gasteiger charge is -2.39. The minimum Gasteiger partial charge on any atom is -0.478 e. The van der Waals surface area contributed by atoms with Crippen LogP contribution in [0.15, 0.2) is 54.9 Å². The highest BCUT2D eigenvalue weighted by Gasteiger charge is 2.39. The lowest BCUT2D eigenvalue weighted by atomic mass is 9.95. The second-order valence-electron chi connectivity index (χ2n) is 15.1. The molecule has 3 aliphatic rings. The Hall–Kier alpha value is -4.25. The quantitative estimate of drug-likeness (QED) is 0.276. The van der Waals surface area contributed by atoms with Crippen LogP contribution >= 0.6 is 11.6 Å². The molecular weight excluding hydrogens is 656 g/mol. The van der Waals surface area contributed by atoms with Crippen LogP contribution < -0.4 is 9.64 Å². The van der Waals surface area contributed by atoms with E-state index < -0.39 is 11.2 Å². The SMILES string of the molecule is CC(C)(C)OC(=O)N1CCN(C(=O)C(C)(C)Oc2cccc(N3CCC[C@@H](C(=O)N(Cc4ccc(-c5cn[nH]c5)cc4Cl)C4CC4)C3)c2)CC1. The molecule has 268 valence electrons. The number of ether oxygens (including phenoxy) is 2. The monoisotopic (exact) mass is 704 g/mol. The van der Waals surface area contributed by atoms with Crippen LogP contribution in [0.1, 0.15) is 65.9 Å². The van der Waals surface area contributed by atoms with Gasteiger partial charge < -0.3 is 29.1 Å². The molecule has 1 N–H and O–H groups in total. The highest BCUT2D eigenvalue weighted by molar-refractivity contribution is 6.31. The fraction of sp³-hybridized carbons (Fsp3) is 0.526. The first-order chi connectivity index (χ1) is 23.8. The van der Waals surface area contributed by atoms with Crippen LogP contribution in [0.5, 0.6) is 5.75 Å². The molecule has 3 amide bonds. The number of aromatic amines is 1. The number of rotatable bonds is 9. The Morgan fingerprint density at radius 2 is 1.68 bits per heavy atom. The largest absolute Gasteiger partial charge is 0.478 e. The predicted octanol–water partition coefficient (Wildman–Crippen LogP) is 6.37. The number of aromatic nitrogens is 2. The third-order valence-corrected chi connectivity index (χ3v) is 9.91. The van der Waals surface area contributed by atoms with E-state index in [1.165, 1.54) is 0 Å². The number of carbonyl (C=O) groups excluding carboxylic acids is 3. The summed E-state index contributed by atoms with van der Waals surface area (Å²) in [4.78, 5) is 47.8. The van der Waals surface area contributed by atoms with Gasteiger partial charge >= 0.3 is 6.09 Å². The molecule has 3 aromatic rings. The van der Waals surface area contributed by atoms with Crippen molar-refractivity contribution in [2.75, 3.05) is 44.2 Å². The number of nitrogens with one attached hydrogen (secondary N) is 1. The van der Waals surface area contributed by atoms with Crippen LogP contribution in [0.3, 0.4) is 0 Å². The van der Waals surface area contributed by atoms with E-state index >= 15 is 0 Å². The molecule has 0 spiro atoms. The fourth-order valence-corrected chi connectivity index (χ4v) is 6.99. The van der Waals surface area contributed by atoms with Crippen molar-refractivity contribution in [1.29, 1.82) is 0 Å². The highest BCUT2D eigenvalue weighted by Crippen LogP contribution is 2.35. The number of carbonyl (C=O) groups is 3. The molecule has 6 rings (SSSR count). The number of nitrogens with zero attached hydrogens (tertiary/aromatic N) is 5. The maximum absolute atomic E-state index is 14.1. The van der Waals surface area contributed by atoms with E-state index in [0.29, 0.717) is 50.0 Å². The Labute approximate surface area is 299 Å². The summed E-state index contributed by atoms with van der Waals surface area (Å²) < 4.78 is 11.8. The molecule has 2 aliphatic heterocycles. The van der Waals surface area contributed by atoms with Gasteiger partial charge in [0.25, 0.3) is 5.91 Å². The number of piperidine rings is 1. The van der Waals surface area contributed by atoms with Crippen molar-refractivity contribution in [2.24, 2.45) is 5.92 Å². The van der Waals surface area contributed by atoms with Gasteiger partial charge in [0.1, 0.15) is 11.4 Å². The zero-order valence-electron chi connectivity index (χ0n) is 29.8. The van der Waals surface area contributed by atoms with Gasteiger partial charge in [0, 0.05) is 80.4 Å². The Balaban J connectivity index is 1.06. The maximum atomic E-state index is 14.1. The lowest BCUT2D eigenvalue weighted by molar-refractivity contribution is -0.147. The minimum absolute atomic E-state index is 0.129. The van der Waals surface area contributed by atoms with E-state index in [2.05, 4.69) is 15.1 Å². The van der Waals surface area contributed by atoms with E-state index in [-0.39, 0.29) is 29.9 Å². The van der Waals surface area contributed by atoms with Crippen molar-refractivity contribution in [3.05, 3.63) is 65.4 Å². The number of halogens is 1. The summed E-state index contributed by atoms with van der Waals surface area (Å²) in [6.45, 7) is 12.7. The van der Waals surface area contributed by atoms with E-state index in [0.717, 1.165) is 54.6 Å². The molecule has 2 aromatic carbocycles. The topological polar surface area (TPSA) is 111 Å². The lowest BCUT2D eigenvalue weighted by Crippen LogP contribution is -2.57. The van der Waals surface area contributed by atoms with Gasteiger partial charge in [-0.3, -0.25) is 14.7 Å². The van der Waals surface area contributed by atoms with E-state index in [4.69, 9.17) is 21.1 Å². The summed E-state index contributed by atoms with van der Waals surface area (Å²) in [5.74, 6) is 0.509. The van der Waals surface area contributed by atoms with Crippen molar-refractivity contribution in [3.8, 4) is 16.9 Å². The molecule has 1 saturated carbocycles. The molecule has 12 heteroatoms. The van der Waals surface area contributed by atoms with Gasteiger partial charge in [-0.2, -0.15) is 5.10 Å². The Morgan fingerprint density at radius 1 is 0.940 bits per heavy atom. The van der Waals surface area contributed by atoms with Gasteiger partial charge in [0.2, 0.25) is 5.91 Å². The average molecular weight is 705 g/mol. The van der Waals surface area contributed by atoms with Crippen LogP contribution in [-0.4, -0.2) is 99.3 Å². The summed E-state index contributed by atoms with van der Waals surface area (Å²) >= 11 is 6.74. The Kier molecular flexibility index (Phi) is 10.3. The molecular formula is C38H49ClN6O5. The number of benzene rings is 2. The van der Waals surface area contributed by atoms with Crippen molar-refractivity contribution in [3.63, 3.8) is 0 Å². The van der Waals surface area contributed by atoms with Gasteiger partial charge in [0.05, 0.1) is 12.1 Å². The number of piperazine rings is 1. The molecule has 50 heavy (non-hydrogen) atoms. The van der Waals surface area contributed by atoms with Crippen molar-refractivity contribution >= 4 is 35.2 Å². The third kappa shape index (κ3) is 8.54.